The fourth-order valence-electron chi connectivity index (χ4n) is 5.95. The highest BCUT2D eigenvalue weighted by Gasteiger charge is 2.29. The van der Waals surface area contributed by atoms with Crippen LogP contribution in [-0.2, 0) is 10.8 Å². The van der Waals surface area contributed by atoms with E-state index in [0.29, 0.717) is 5.82 Å². The van der Waals surface area contributed by atoms with Crippen LogP contribution in [0.25, 0.3) is 50.6 Å². The summed E-state index contributed by atoms with van der Waals surface area (Å²) in [5, 5.41) is 12.0. The van der Waals surface area contributed by atoms with Crippen LogP contribution < -0.4 is 0 Å². The summed E-state index contributed by atoms with van der Waals surface area (Å²) in [7, 11) is 0. The molecule has 3 aromatic heterocycles. The maximum atomic E-state index is 12.0. The smallest absolute Gasteiger partial charge is 0.149 e. The van der Waals surface area contributed by atoms with Crippen LogP contribution in [0.3, 0.4) is 0 Å². The van der Waals surface area contributed by atoms with E-state index in [1.807, 2.05) is 42.7 Å². The average molecular weight is 581 g/mol. The number of phenolic OH excluding ortho intramolecular Hbond substituents is 1. The van der Waals surface area contributed by atoms with E-state index in [0.717, 1.165) is 67.1 Å². The van der Waals surface area contributed by atoms with E-state index in [1.54, 1.807) is 0 Å². The molecule has 0 spiro atoms. The van der Waals surface area contributed by atoms with Crippen LogP contribution in [0.1, 0.15) is 63.8 Å². The lowest BCUT2D eigenvalue weighted by molar-refractivity contribution is 0.446. The minimum absolute atomic E-state index is 0.128. The second-order valence-electron chi connectivity index (χ2n) is 13.8. The Hall–Kier alpha value is -4.77. The number of phenols is 1. The van der Waals surface area contributed by atoms with Crippen molar-refractivity contribution in [2.75, 3.05) is 0 Å². The molecular weight excluding hydrogens is 540 g/mol. The van der Waals surface area contributed by atoms with E-state index in [1.165, 1.54) is 0 Å². The SMILES string of the molecule is Cc1cccc(C)c1-n1c(-c2cc(C(C)(C)C)cc(C(C)(C)C)c2O)nc2c(-c3cccc(-c4ccccn4)c3)nccc21. The van der Waals surface area contributed by atoms with Gasteiger partial charge >= 0.3 is 0 Å². The Labute approximate surface area is 260 Å². The van der Waals surface area contributed by atoms with Gasteiger partial charge in [0, 0.05) is 29.1 Å². The number of aryl methyl sites for hydroxylation is 2. The zero-order valence-electron chi connectivity index (χ0n) is 26.9. The van der Waals surface area contributed by atoms with E-state index >= 15 is 0 Å². The molecule has 0 aliphatic carbocycles. The Kier molecular flexibility index (Phi) is 7.16. The maximum absolute atomic E-state index is 12.0. The number of pyridine rings is 2. The lowest BCUT2D eigenvalue weighted by Gasteiger charge is -2.27. The topological polar surface area (TPSA) is 63.8 Å². The fourth-order valence-corrected chi connectivity index (χ4v) is 5.95. The quantitative estimate of drug-likeness (QED) is 0.225. The molecule has 44 heavy (non-hydrogen) atoms. The molecule has 0 saturated carbocycles. The van der Waals surface area contributed by atoms with Crippen molar-refractivity contribution in [1.29, 1.82) is 0 Å². The molecule has 0 radical (unpaired) electrons. The van der Waals surface area contributed by atoms with Crippen molar-refractivity contribution in [3.05, 3.63) is 114 Å². The molecule has 0 unspecified atom stereocenters. The van der Waals surface area contributed by atoms with Gasteiger partial charge in [0.05, 0.1) is 28.2 Å². The molecular formula is C39H40N4O. The number of imidazole rings is 1. The summed E-state index contributed by atoms with van der Waals surface area (Å²) in [6, 6.07) is 26.9. The predicted octanol–water partition coefficient (Wildman–Crippen LogP) is 9.73. The van der Waals surface area contributed by atoms with Gasteiger partial charge in [-0.05, 0) is 71.7 Å². The van der Waals surface area contributed by atoms with Gasteiger partial charge in [0.2, 0.25) is 0 Å². The number of nitrogens with zero attached hydrogens (tertiary/aromatic N) is 4. The summed E-state index contributed by atoms with van der Waals surface area (Å²) in [6.45, 7) is 17.3. The zero-order chi connectivity index (χ0) is 31.4. The van der Waals surface area contributed by atoms with E-state index in [4.69, 9.17) is 9.97 Å². The second kappa shape index (κ2) is 10.7. The number of para-hydroxylation sites is 1. The van der Waals surface area contributed by atoms with E-state index in [9.17, 15) is 5.11 Å². The first-order valence-electron chi connectivity index (χ1n) is 15.2. The molecule has 1 N–H and O–H groups in total. The van der Waals surface area contributed by atoms with Crippen LogP contribution in [0, 0.1) is 13.8 Å². The largest absolute Gasteiger partial charge is 0.507 e. The van der Waals surface area contributed by atoms with Gasteiger partial charge in [-0.25, -0.2) is 4.98 Å². The third kappa shape index (κ3) is 5.17. The minimum Gasteiger partial charge on any atom is -0.507 e. The van der Waals surface area contributed by atoms with Crippen molar-refractivity contribution in [1.82, 2.24) is 19.5 Å². The molecule has 222 valence electrons. The summed E-state index contributed by atoms with van der Waals surface area (Å²) >= 11 is 0. The van der Waals surface area contributed by atoms with Gasteiger partial charge in [-0.15, -0.1) is 0 Å². The van der Waals surface area contributed by atoms with Gasteiger partial charge in [0.1, 0.15) is 17.1 Å². The Bertz CT molecular complexity index is 1990. The standard InChI is InChI=1S/C39H40N4O/c1-24-13-11-14-25(2)35(24)43-32-18-20-41-33(27-16-12-15-26(21-27)31-17-9-10-19-40-31)34(32)42-37(43)29-22-28(38(3,4)5)23-30(36(29)44)39(6,7)8/h9-23,44H,1-8H3. The summed E-state index contributed by atoms with van der Waals surface area (Å²) in [4.78, 5) is 14.8. The highest BCUT2D eigenvalue weighted by atomic mass is 16.3. The van der Waals surface area contributed by atoms with Gasteiger partial charge in [0.15, 0.2) is 0 Å². The first kappa shape index (κ1) is 29.3. The summed E-state index contributed by atoms with van der Waals surface area (Å²) in [5.74, 6) is 0.960. The molecule has 5 heteroatoms. The maximum Gasteiger partial charge on any atom is 0.149 e. The molecule has 6 rings (SSSR count). The Morgan fingerprint density at radius 1 is 0.682 bits per heavy atom. The molecule has 6 aromatic rings. The second-order valence-corrected chi connectivity index (χ2v) is 13.8. The van der Waals surface area contributed by atoms with Crippen molar-refractivity contribution in [2.24, 2.45) is 0 Å². The van der Waals surface area contributed by atoms with Crippen LogP contribution >= 0.6 is 0 Å². The van der Waals surface area contributed by atoms with Crippen molar-refractivity contribution >= 4 is 11.0 Å². The molecule has 0 fully saturated rings. The highest BCUT2D eigenvalue weighted by molar-refractivity contribution is 5.95. The molecule has 3 heterocycles. The van der Waals surface area contributed by atoms with Crippen LogP contribution in [0.4, 0.5) is 0 Å². The lowest BCUT2D eigenvalue weighted by Crippen LogP contribution is -2.17. The molecule has 0 saturated heterocycles. The van der Waals surface area contributed by atoms with Gasteiger partial charge in [0.25, 0.3) is 0 Å². The molecule has 5 nitrogen and oxygen atoms in total. The Morgan fingerprint density at radius 2 is 1.39 bits per heavy atom. The molecule has 0 amide bonds. The average Bonchev–Trinajstić information content (AvgIpc) is 3.35. The van der Waals surface area contributed by atoms with Crippen molar-refractivity contribution < 1.29 is 5.11 Å². The number of hydrogen-bond donors (Lipinski definition) is 1. The number of benzene rings is 3. The Balaban J connectivity index is 1.71. The molecule has 0 aliphatic rings. The van der Waals surface area contributed by atoms with Crippen molar-refractivity contribution in [2.45, 2.75) is 66.2 Å². The lowest BCUT2D eigenvalue weighted by atomic mass is 9.79. The predicted molar refractivity (Wildman–Crippen MR) is 182 cm³/mol. The molecule has 0 bridgehead atoms. The normalized spacial score (nSPS) is 12.2. The summed E-state index contributed by atoms with van der Waals surface area (Å²) in [5.41, 5.74) is 11.1. The van der Waals surface area contributed by atoms with E-state index in [-0.39, 0.29) is 16.6 Å². The highest BCUT2D eigenvalue weighted by Crippen LogP contribution is 2.44. The number of fused-ring (bicyclic) bond motifs is 1. The van der Waals surface area contributed by atoms with Crippen LogP contribution in [0.2, 0.25) is 0 Å². The summed E-state index contributed by atoms with van der Waals surface area (Å²) < 4.78 is 2.21. The van der Waals surface area contributed by atoms with Crippen LogP contribution in [-0.4, -0.2) is 24.6 Å². The van der Waals surface area contributed by atoms with Gasteiger partial charge < -0.3 is 5.11 Å². The number of hydrogen-bond acceptors (Lipinski definition) is 4. The third-order valence-corrected chi connectivity index (χ3v) is 8.36. The van der Waals surface area contributed by atoms with Crippen molar-refractivity contribution in [3.8, 4) is 45.3 Å². The van der Waals surface area contributed by atoms with E-state index in [2.05, 4.69) is 113 Å². The summed E-state index contributed by atoms with van der Waals surface area (Å²) in [6.07, 6.45) is 3.66. The van der Waals surface area contributed by atoms with Gasteiger partial charge in [-0.1, -0.05) is 90.1 Å². The first-order chi connectivity index (χ1) is 20.8. The van der Waals surface area contributed by atoms with Crippen LogP contribution in [0.15, 0.2) is 91.3 Å². The van der Waals surface area contributed by atoms with Gasteiger partial charge in [-0.2, -0.15) is 0 Å². The number of aromatic hydroxyl groups is 1. The molecule has 0 aliphatic heterocycles. The zero-order valence-corrected chi connectivity index (χ0v) is 26.9. The van der Waals surface area contributed by atoms with E-state index < -0.39 is 0 Å². The fraction of sp³-hybridized carbons (Fsp3) is 0.256. The minimum atomic E-state index is -0.270. The van der Waals surface area contributed by atoms with Crippen molar-refractivity contribution in [3.63, 3.8) is 0 Å². The first-order valence-corrected chi connectivity index (χ1v) is 15.2. The van der Waals surface area contributed by atoms with Crippen LogP contribution in [0.5, 0.6) is 5.75 Å². The third-order valence-electron chi connectivity index (χ3n) is 8.36. The molecule has 0 atom stereocenters. The monoisotopic (exact) mass is 580 g/mol. The Morgan fingerprint density at radius 3 is 2.05 bits per heavy atom. The number of rotatable bonds is 4. The molecule has 3 aromatic carbocycles. The van der Waals surface area contributed by atoms with Gasteiger partial charge in [-0.3, -0.25) is 14.5 Å². The number of aromatic nitrogens is 4.